The Balaban J connectivity index is 1.83. The van der Waals surface area contributed by atoms with E-state index < -0.39 is 0 Å². The van der Waals surface area contributed by atoms with Crippen molar-refractivity contribution in [3.63, 3.8) is 0 Å². The van der Waals surface area contributed by atoms with Gasteiger partial charge in [-0.25, -0.2) is 4.98 Å². The number of amides is 1. The zero-order valence-corrected chi connectivity index (χ0v) is 18.8. The molecule has 0 spiro atoms. The van der Waals surface area contributed by atoms with Crippen molar-refractivity contribution in [1.82, 2.24) is 9.97 Å². The third-order valence-electron chi connectivity index (χ3n) is 4.22. The summed E-state index contributed by atoms with van der Waals surface area (Å²) in [7, 11) is 3.21. The number of ether oxygens (including phenoxy) is 2. The number of fused-ring (bicyclic) bond motifs is 1. The SMILES string of the molecule is COc1ccc(OC)c2sc(N(Cc3cccnc3)C(=O)c3ccc(Br)s3)nc12. The van der Waals surface area contributed by atoms with E-state index in [1.165, 1.54) is 22.7 Å². The molecule has 0 aliphatic rings. The van der Waals surface area contributed by atoms with Crippen LogP contribution in [0.1, 0.15) is 15.2 Å². The van der Waals surface area contributed by atoms with E-state index in [0.29, 0.717) is 33.6 Å². The van der Waals surface area contributed by atoms with Crippen molar-refractivity contribution in [1.29, 1.82) is 0 Å². The first-order chi connectivity index (χ1) is 14.1. The highest BCUT2D eigenvalue weighted by atomic mass is 79.9. The van der Waals surface area contributed by atoms with Crippen molar-refractivity contribution in [2.24, 2.45) is 0 Å². The molecule has 0 unspecified atom stereocenters. The summed E-state index contributed by atoms with van der Waals surface area (Å²) in [5, 5.41) is 0.571. The van der Waals surface area contributed by atoms with Gasteiger partial charge in [0.2, 0.25) is 0 Å². The molecule has 29 heavy (non-hydrogen) atoms. The van der Waals surface area contributed by atoms with Gasteiger partial charge < -0.3 is 9.47 Å². The molecule has 0 radical (unpaired) electrons. The second kappa shape index (κ2) is 8.48. The normalized spacial score (nSPS) is 10.9. The zero-order chi connectivity index (χ0) is 20.4. The summed E-state index contributed by atoms with van der Waals surface area (Å²) >= 11 is 6.22. The van der Waals surface area contributed by atoms with Gasteiger partial charge in [-0.2, -0.15) is 0 Å². The van der Waals surface area contributed by atoms with Crippen LogP contribution < -0.4 is 14.4 Å². The lowest BCUT2D eigenvalue weighted by Crippen LogP contribution is -2.29. The van der Waals surface area contributed by atoms with Gasteiger partial charge in [-0.05, 0) is 51.8 Å². The summed E-state index contributed by atoms with van der Waals surface area (Å²) in [5.41, 5.74) is 1.58. The number of hydrogen-bond acceptors (Lipinski definition) is 7. The maximum Gasteiger partial charge on any atom is 0.270 e. The number of aromatic nitrogens is 2. The summed E-state index contributed by atoms with van der Waals surface area (Å²) in [6, 6.07) is 11.1. The maximum absolute atomic E-state index is 13.3. The van der Waals surface area contributed by atoms with Crippen LogP contribution in [0.2, 0.25) is 0 Å². The minimum absolute atomic E-state index is 0.124. The largest absolute Gasteiger partial charge is 0.495 e. The van der Waals surface area contributed by atoms with Crippen molar-refractivity contribution in [2.75, 3.05) is 19.1 Å². The number of methoxy groups -OCH3 is 2. The summed E-state index contributed by atoms with van der Waals surface area (Å²) in [5.74, 6) is 1.20. The number of rotatable bonds is 6. The van der Waals surface area contributed by atoms with Crippen LogP contribution >= 0.6 is 38.6 Å². The number of pyridine rings is 1. The van der Waals surface area contributed by atoms with Gasteiger partial charge in [0.25, 0.3) is 5.91 Å². The molecule has 1 aromatic carbocycles. The van der Waals surface area contributed by atoms with E-state index in [4.69, 9.17) is 14.5 Å². The number of carbonyl (C=O) groups is 1. The molecule has 0 saturated heterocycles. The summed E-state index contributed by atoms with van der Waals surface area (Å²) in [6.45, 7) is 0.354. The van der Waals surface area contributed by atoms with Crippen molar-refractivity contribution in [3.05, 3.63) is 63.0 Å². The third kappa shape index (κ3) is 3.98. The van der Waals surface area contributed by atoms with Crippen molar-refractivity contribution < 1.29 is 14.3 Å². The monoisotopic (exact) mass is 489 g/mol. The van der Waals surface area contributed by atoms with Gasteiger partial charge in [-0.3, -0.25) is 14.7 Å². The Morgan fingerprint density at radius 1 is 1.10 bits per heavy atom. The van der Waals surface area contributed by atoms with E-state index in [1.54, 1.807) is 31.5 Å². The Morgan fingerprint density at radius 3 is 2.55 bits per heavy atom. The van der Waals surface area contributed by atoms with Crippen LogP contribution in [0.4, 0.5) is 5.13 Å². The summed E-state index contributed by atoms with van der Waals surface area (Å²) in [4.78, 5) is 24.5. The predicted octanol–water partition coefficient (Wildman–Crippen LogP) is 5.38. The molecule has 3 heterocycles. The Morgan fingerprint density at radius 2 is 1.90 bits per heavy atom. The third-order valence-corrected chi connectivity index (χ3v) is 6.93. The molecule has 4 rings (SSSR count). The number of thiazole rings is 1. The highest BCUT2D eigenvalue weighted by Crippen LogP contribution is 2.41. The van der Waals surface area contributed by atoms with Gasteiger partial charge in [0.05, 0.1) is 29.4 Å². The molecule has 0 aliphatic heterocycles. The van der Waals surface area contributed by atoms with Crippen molar-refractivity contribution in [3.8, 4) is 11.5 Å². The number of anilines is 1. The molecular weight excluding hydrogens is 474 g/mol. The second-order valence-corrected chi connectivity index (χ2v) is 9.44. The molecule has 0 fully saturated rings. The van der Waals surface area contributed by atoms with E-state index in [1.807, 2.05) is 36.4 Å². The van der Waals surface area contributed by atoms with Crippen LogP contribution in [0, 0.1) is 0 Å². The fourth-order valence-corrected chi connectivity index (χ4v) is 5.26. The highest BCUT2D eigenvalue weighted by Gasteiger charge is 2.25. The van der Waals surface area contributed by atoms with Gasteiger partial charge in [0.15, 0.2) is 5.13 Å². The van der Waals surface area contributed by atoms with Crippen LogP contribution in [0.5, 0.6) is 11.5 Å². The van der Waals surface area contributed by atoms with Gasteiger partial charge in [0.1, 0.15) is 21.7 Å². The number of benzene rings is 1. The molecule has 1 amide bonds. The van der Waals surface area contributed by atoms with Crippen molar-refractivity contribution in [2.45, 2.75) is 6.54 Å². The van der Waals surface area contributed by atoms with Crippen LogP contribution in [0.25, 0.3) is 10.2 Å². The first-order valence-corrected chi connectivity index (χ1v) is 11.0. The molecular formula is C20H16BrN3O3S2. The summed E-state index contributed by atoms with van der Waals surface area (Å²) in [6.07, 6.45) is 3.46. The molecule has 0 saturated carbocycles. The van der Waals surface area contributed by atoms with E-state index in [0.717, 1.165) is 14.0 Å². The van der Waals surface area contributed by atoms with Gasteiger partial charge in [-0.15, -0.1) is 11.3 Å². The number of halogens is 1. The number of nitrogens with zero attached hydrogens (tertiary/aromatic N) is 3. The lowest BCUT2D eigenvalue weighted by molar-refractivity contribution is 0.0989. The van der Waals surface area contributed by atoms with Crippen molar-refractivity contribution >= 4 is 59.9 Å². The average Bonchev–Trinajstić information content (AvgIpc) is 3.38. The Kier molecular flexibility index (Phi) is 5.79. The van der Waals surface area contributed by atoms with E-state index in [2.05, 4.69) is 20.9 Å². The van der Waals surface area contributed by atoms with Crippen LogP contribution in [-0.2, 0) is 6.54 Å². The molecule has 0 aliphatic carbocycles. The molecule has 6 nitrogen and oxygen atoms in total. The zero-order valence-electron chi connectivity index (χ0n) is 15.6. The molecule has 0 N–H and O–H groups in total. The van der Waals surface area contributed by atoms with Gasteiger partial charge >= 0.3 is 0 Å². The number of hydrogen-bond donors (Lipinski definition) is 0. The lowest BCUT2D eigenvalue weighted by Gasteiger charge is -2.19. The first kappa shape index (κ1) is 19.8. The predicted molar refractivity (Wildman–Crippen MR) is 119 cm³/mol. The molecule has 0 bridgehead atoms. The van der Waals surface area contributed by atoms with E-state index in [-0.39, 0.29) is 5.91 Å². The Labute approximate surface area is 183 Å². The fourth-order valence-electron chi connectivity index (χ4n) is 2.85. The van der Waals surface area contributed by atoms with Gasteiger partial charge in [0, 0.05) is 12.4 Å². The number of thiophene rings is 1. The standard InChI is InChI=1S/C20H16BrN3O3S2/c1-26-13-5-6-14(27-2)18-17(13)23-20(29-18)24(11-12-4-3-9-22-10-12)19(25)15-7-8-16(21)28-15/h3-10H,11H2,1-2H3. The average molecular weight is 490 g/mol. The van der Waals surface area contributed by atoms with Crippen LogP contribution in [-0.4, -0.2) is 30.1 Å². The smallest absolute Gasteiger partial charge is 0.270 e. The summed E-state index contributed by atoms with van der Waals surface area (Å²) < 4.78 is 12.7. The fraction of sp³-hybridized carbons (Fsp3) is 0.150. The number of carbonyl (C=O) groups excluding carboxylic acids is 1. The topological polar surface area (TPSA) is 64.6 Å². The second-order valence-electron chi connectivity index (χ2n) is 6.00. The van der Waals surface area contributed by atoms with Crippen LogP contribution in [0.3, 0.4) is 0 Å². The van der Waals surface area contributed by atoms with E-state index in [9.17, 15) is 4.79 Å². The molecule has 0 atom stereocenters. The minimum Gasteiger partial charge on any atom is -0.495 e. The Hall–Kier alpha value is -2.49. The maximum atomic E-state index is 13.3. The minimum atomic E-state index is -0.124. The van der Waals surface area contributed by atoms with E-state index >= 15 is 0 Å². The molecule has 148 valence electrons. The highest BCUT2D eigenvalue weighted by molar-refractivity contribution is 9.11. The van der Waals surface area contributed by atoms with Gasteiger partial charge in [-0.1, -0.05) is 17.4 Å². The first-order valence-electron chi connectivity index (χ1n) is 8.58. The Bertz CT molecular complexity index is 1120. The molecule has 4 aromatic rings. The van der Waals surface area contributed by atoms with Crippen LogP contribution in [0.15, 0.2) is 52.6 Å². The lowest BCUT2D eigenvalue weighted by atomic mass is 10.2. The quantitative estimate of drug-likeness (QED) is 0.363. The molecule has 3 aromatic heterocycles. The molecule has 9 heteroatoms.